The lowest BCUT2D eigenvalue weighted by Gasteiger charge is -2.58. The number of carbonyl (C=O) groups is 2. The number of aliphatic carboxylic acids is 1. The smallest absolute Gasteiger partial charge is 0.330 e. The van der Waals surface area contributed by atoms with Gasteiger partial charge in [0, 0.05) is 24.5 Å². The number of carboxylic acids is 1. The molecule has 1 aliphatic carbocycles. The number of rotatable bonds is 10. The minimum Gasteiger partial charge on any atom is -0.493 e. The van der Waals surface area contributed by atoms with Crippen LogP contribution in [0.1, 0.15) is 41.0 Å². The van der Waals surface area contributed by atoms with Gasteiger partial charge in [-0.2, -0.15) is 0 Å². The van der Waals surface area contributed by atoms with E-state index in [1.54, 1.807) is 32.0 Å². The molecule has 0 aliphatic heterocycles. The zero-order valence-corrected chi connectivity index (χ0v) is 17.3. The number of amides is 1. The van der Waals surface area contributed by atoms with Crippen LogP contribution in [0.15, 0.2) is 24.3 Å². The van der Waals surface area contributed by atoms with Crippen LogP contribution in [-0.2, 0) is 14.3 Å². The molecule has 1 aliphatic rings. The fourth-order valence-corrected chi connectivity index (χ4v) is 3.38. The van der Waals surface area contributed by atoms with Gasteiger partial charge in [0.15, 0.2) is 6.61 Å². The molecule has 1 amide bonds. The first-order valence-electron chi connectivity index (χ1n) is 9.64. The molecule has 1 fully saturated rings. The largest absolute Gasteiger partial charge is 0.493 e. The summed E-state index contributed by atoms with van der Waals surface area (Å²) in [6, 6.07) is 7.03. The summed E-state index contributed by atoms with van der Waals surface area (Å²) in [6.07, 6.45) is 0.0116. The molecule has 2 rings (SSSR count). The van der Waals surface area contributed by atoms with Crippen molar-refractivity contribution >= 4 is 11.9 Å². The third kappa shape index (κ3) is 4.58. The molecule has 1 aromatic rings. The average molecular weight is 393 g/mol. The third-order valence-corrected chi connectivity index (χ3v) is 5.24. The molecule has 0 spiro atoms. The van der Waals surface area contributed by atoms with Gasteiger partial charge in [-0.3, -0.25) is 4.79 Å². The van der Waals surface area contributed by atoms with E-state index in [2.05, 4.69) is 19.2 Å². The number of carbonyl (C=O) groups excluding carboxylic acids is 1. The van der Waals surface area contributed by atoms with E-state index < -0.39 is 22.8 Å². The van der Waals surface area contributed by atoms with E-state index in [9.17, 15) is 14.7 Å². The van der Waals surface area contributed by atoms with E-state index in [1.165, 1.54) is 0 Å². The fraction of sp³-hybridized carbons (Fsp3) is 0.619. The highest BCUT2D eigenvalue weighted by molar-refractivity contribution is 5.90. The number of ether oxygens (including phenoxy) is 3. The predicted octanol–water partition coefficient (Wildman–Crippen LogP) is 2.87. The van der Waals surface area contributed by atoms with Crippen LogP contribution in [0.5, 0.6) is 11.5 Å². The van der Waals surface area contributed by atoms with Crippen LogP contribution in [0.4, 0.5) is 0 Å². The highest BCUT2D eigenvalue weighted by Crippen LogP contribution is 2.51. The number of nitrogens with one attached hydrogen (secondary N) is 1. The van der Waals surface area contributed by atoms with Crippen molar-refractivity contribution in [3.63, 3.8) is 0 Å². The third-order valence-electron chi connectivity index (χ3n) is 5.24. The molecule has 2 unspecified atom stereocenters. The van der Waals surface area contributed by atoms with Crippen LogP contribution < -0.4 is 14.8 Å². The van der Waals surface area contributed by atoms with Gasteiger partial charge in [0.2, 0.25) is 0 Å². The highest BCUT2D eigenvalue weighted by Gasteiger charge is 2.66. The monoisotopic (exact) mass is 393 g/mol. The maximum Gasteiger partial charge on any atom is 0.330 e. The maximum atomic E-state index is 12.4. The van der Waals surface area contributed by atoms with Crippen LogP contribution in [0.25, 0.3) is 0 Å². The van der Waals surface area contributed by atoms with Crippen LogP contribution in [-0.4, -0.2) is 48.4 Å². The first-order chi connectivity index (χ1) is 13.1. The standard InChI is InChI=1S/C21H31NO6/c1-6-26-17-11-21(19(24)25,20(17,4)5)22-18(23)13-28-16-9-7-8-15(10-16)27-12-14(2)3/h7-10,14,17H,6,11-13H2,1-5H3,(H,22,23)(H,24,25). The summed E-state index contributed by atoms with van der Waals surface area (Å²) >= 11 is 0. The van der Waals surface area contributed by atoms with Gasteiger partial charge in [-0.15, -0.1) is 0 Å². The highest BCUT2D eigenvalue weighted by atomic mass is 16.5. The second-order valence-corrected chi connectivity index (χ2v) is 8.10. The second-order valence-electron chi connectivity index (χ2n) is 8.10. The molecule has 7 heteroatoms. The van der Waals surface area contributed by atoms with E-state index in [4.69, 9.17) is 14.2 Å². The Morgan fingerprint density at radius 1 is 1.25 bits per heavy atom. The molecule has 0 heterocycles. The van der Waals surface area contributed by atoms with Gasteiger partial charge in [-0.05, 0) is 25.0 Å². The molecule has 0 radical (unpaired) electrons. The van der Waals surface area contributed by atoms with Crippen LogP contribution in [0.2, 0.25) is 0 Å². The summed E-state index contributed by atoms with van der Waals surface area (Å²) < 4.78 is 16.8. The number of benzene rings is 1. The van der Waals surface area contributed by atoms with Crippen molar-refractivity contribution in [3.8, 4) is 11.5 Å². The molecule has 28 heavy (non-hydrogen) atoms. The van der Waals surface area contributed by atoms with Crippen molar-refractivity contribution in [2.45, 2.75) is 52.7 Å². The van der Waals surface area contributed by atoms with E-state index in [0.717, 1.165) is 0 Å². The quantitative estimate of drug-likeness (QED) is 0.635. The van der Waals surface area contributed by atoms with Crippen molar-refractivity contribution in [2.24, 2.45) is 11.3 Å². The average Bonchev–Trinajstić information content (AvgIpc) is 2.63. The van der Waals surface area contributed by atoms with E-state index >= 15 is 0 Å². The Labute approximate surface area is 166 Å². The van der Waals surface area contributed by atoms with Crippen molar-refractivity contribution in [1.29, 1.82) is 0 Å². The van der Waals surface area contributed by atoms with Gasteiger partial charge in [0.25, 0.3) is 5.91 Å². The first kappa shape index (κ1) is 22.0. The molecule has 156 valence electrons. The van der Waals surface area contributed by atoms with Crippen molar-refractivity contribution in [2.75, 3.05) is 19.8 Å². The molecule has 1 saturated carbocycles. The van der Waals surface area contributed by atoms with Crippen molar-refractivity contribution in [3.05, 3.63) is 24.3 Å². The number of hydrogen-bond acceptors (Lipinski definition) is 5. The molecule has 2 N–H and O–H groups in total. The normalized spacial score (nSPS) is 23.0. The zero-order valence-electron chi connectivity index (χ0n) is 17.3. The van der Waals surface area contributed by atoms with Crippen LogP contribution in [0, 0.1) is 11.3 Å². The summed E-state index contributed by atoms with van der Waals surface area (Å²) in [5.74, 6) is -0.00661. The Balaban J connectivity index is 1.96. The SMILES string of the molecule is CCOC1CC(NC(=O)COc2cccc(OCC(C)C)c2)(C(=O)O)C1(C)C. The van der Waals surface area contributed by atoms with Gasteiger partial charge < -0.3 is 24.6 Å². The van der Waals surface area contributed by atoms with E-state index in [0.29, 0.717) is 30.6 Å². The molecule has 0 aromatic heterocycles. The van der Waals surface area contributed by atoms with E-state index in [-0.39, 0.29) is 19.1 Å². The topological polar surface area (TPSA) is 94.1 Å². The van der Waals surface area contributed by atoms with Crippen molar-refractivity contribution < 1.29 is 28.9 Å². The first-order valence-corrected chi connectivity index (χ1v) is 9.64. The molecule has 2 atom stereocenters. The second kappa shape index (κ2) is 8.82. The molecule has 7 nitrogen and oxygen atoms in total. The number of carboxylic acid groups (broad SMARTS) is 1. The molecular weight excluding hydrogens is 362 g/mol. The lowest BCUT2D eigenvalue weighted by Crippen LogP contribution is -2.76. The predicted molar refractivity (Wildman–Crippen MR) is 105 cm³/mol. The fourth-order valence-electron chi connectivity index (χ4n) is 3.38. The Bertz CT molecular complexity index is 702. The summed E-state index contributed by atoms with van der Waals surface area (Å²) in [5.41, 5.74) is -2.09. The Kier molecular flexibility index (Phi) is 6.93. The Hall–Kier alpha value is -2.28. The Morgan fingerprint density at radius 3 is 2.43 bits per heavy atom. The lowest BCUT2D eigenvalue weighted by atomic mass is 9.54. The summed E-state index contributed by atoms with van der Waals surface area (Å²) in [7, 11) is 0. The molecule has 1 aromatic carbocycles. The van der Waals surface area contributed by atoms with Crippen molar-refractivity contribution in [1.82, 2.24) is 5.32 Å². The summed E-state index contributed by atoms with van der Waals surface area (Å²) in [6.45, 7) is 10.4. The zero-order chi connectivity index (χ0) is 20.9. The summed E-state index contributed by atoms with van der Waals surface area (Å²) in [4.78, 5) is 24.3. The Morgan fingerprint density at radius 2 is 1.89 bits per heavy atom. The minimum atomic E-state index is -1.37. The molecule has 0 bridgehead atoms. The van der Waals surface area contributed by atoms with E-state index in [1.807, 2.05) is 13.0 Å². The molecular formula is C21H31NO6. The van der Waals surface area contributed by atoms with Gasteiger partial charge in [-0.25, -0.2) is 4.79 Å². The van der Waals surface area contributed by atoms with Gasteiger partial charge >= 0.3 is 5.97 Å². The van der Waals surface area contributed by atoms with Gasteiger partial charge in [0.05, 0.1) is 12.7 Å². The molecule has 0 saturated heterocycles. The van der Waals surface area contributed by atoms with Crippen LogP contribution in [0.3, 0.4) is 0 Å². The maximum absolute atomic E-state index is 12.4. The summed E-state index contributed by atoms with van der Waals surface area (Å²) in [5, 5.41) is 12.4. The van der Waals surface area contributed by atoms with Gasteiger partial charge in [-0.1, -0.05) is 33.8 Å². The number of hydrogen-bond donors (Lipinski definition) is 2. The van der Waals surface area contributed by atoms with Gasteiger partial charge in [0.1, 0.15) is 17.0 Å². The van der Waals surface area contributed by atoms with Crippen LogP contribution >= 0.6 is 0 Å². The lowest BCUT2D eigenvalue weighted by molar-refractivity contribution is -0.194. The minimum absolute atomic E-state index is 0.218.